The highest BCUT2D eigenvalue weighted by atomic mass is 16.2. The lowest BCUT2D eigenvalue weighted by atomic mass is 10.1. The topological polar surface area (TPSA) is 69.7 Å². The molecule has 0 aromatic heterocycles. The van der Waals surface area contributed by atoms with Crippen molar-refractivity contribution < 1.29 is 14.4 Å². The number of nitrogens with zero attached hydrogens (tertiary/aromatic N) is 2. The van der Waals surface area contributed by atoms with Crippen molar-refractivity contribution in [2.45, 2.75) is 18.9 Å². The minimum absolute atomic E-state index is 0.0151. The SMILES string of the molecule is C#CCNC(=O)CN1CC(=O)N2CCCC2C1=O. The van der Waals surface area contributed by atoms with Crippen molar-refractivity contribution in [3.63, 3.8) is 0 Å². The number of amides is 3. The number of carbonyl (C=O) groups is 3. The molecule has 0 bridgehead atoms. The molecule has 0 radical (unpaired) electrons. The molecule has 6 nitrogen and oxygen atoms in total. The molecule has 2 rings (SSSR count). The van der Waals surface area contributed by atoms with E-state index in [1.165, 1.54) is 4.90 Å². The van der Waals surface area contributed by atoms with Crippen LogP contribution in [-0.2, 0) is 14.4 Å². The van der Waals surface area contributed by atoms with Crippen LogP contribution in [0.2, 0.25) is 0 Å². The van der Waals surface area contributed by atoms with Crippen molar-refractivity contribution in [1.29, 1.82) is 0 Å². The molecular formula is C12H15N3O3. The molecule has 2 aliphatic rings. The van der Waals surface area contributed by atoms with Gasteiger partial charge in [-0.3, -0.25) is 14.4 Å². The molecule has 0 aromatic carbocycles. The Bertz CT molecular complexity index is 427. The van der Waals surface area contributed by atoms with Crippen LogP contribution in [0, 0.1) is 12.3 Å². The first-order valence-corrected chi connectivity index (χ1v) is 5.92. The lowest BCUT2D eigenvalue weighted by Gasteiger charge is -2.35. The molecule has 0 saturated carbocycles. The molecule has 2 fully saturated rings. The Hall–Kier alpha value is -2.03. The van der Waals surface area contributed by atoms with Gasteiger partial charge in [0.1, 0.15) is 19.1 Å². The van der Waals surface area contributed by atoms with Crippen molar-refractivity contribution in [3.05, 3.63) is 0 Å². The summed E-state index contributed by atoms with van der Waals surface area (Å²) in [6.07, 6.45) is 6.56. The molecule has 6 heteroatoms. The first-order valence-electron chi connectivity index (χ1n) is 5.92. The Labute approximate surface area is 105 Å². The smallest absolute Gasteiger partial charge is 0.246 e. The summed E-state index contributed by atoms with van der Waals surface area (Å²) in [4.78, 5) is 38.3. The summed E-state index contributed by atoms with van der Waals surface area (Å²) >= 11 is 0. The number of hydrogen-bond donors (Lipinski definition) is 1. The van der Waals surface area contributed by atoms with Gasteiger partial charge in [0, 0.05) is 6.54 Å². The van der Waals surface area contributed by atoms with E-state index in [2.05, 4.69) is 11.2 Å². The average Bonchev–Trinajstić information content (AvgIpc) is 2.83. The maximum atomic E-state index is 12.1. The molecule has 2 heterocycles. The van der Waals surface area contributed by atoms with E-state index < -0.39 is 0 Å². The number of piperazine rings is 1. The molecule has 2 saturated heterocycles. The Morgan fingerprint density at radius 2 is 2.28 bits per heavy atom. The summed E-state index contributed by atoms with van der Waals surface area (Å²) in [7, 11) is 0. The van der Waals surface area contributed by atoms with Gasteiger partial charge in [0.25, 0.3) is 0 Å². The van der Waals surface area contributed by atoms with Crippen LogP contribution in [0.25, 0.3) is 0 Å². The molecule has 0 aromatic rings. The predicted octanol–water partition coefficient (Wildman–Crippen LogP) is -1.43. The second kappa shape index (κ2) is 5.08. The fraction of sp³-hybridized carbons (Fsp3) is 0.583. The highest BCUT2D eigenvalue weighted by molar-refractivity contribution is 5.97. The number of nitrogens with one attached hydrogen (secondary N) is 1. The van der Waals surface area contributed by atoms with Crippen molar-refractivity contribution >= 4 is 17.7 Å². The summed E-state index contributed by atoms with van der Waals surface area (Å²) in [5.41, 5.74) is 0. The molecular weight excluding hydrogens is 234 g/mol. The minimum atomic E-state index is -0.369. The number of hydrogen-bond acceptors (Lipinski definition) is 3. The zero-order chi connectivity index (χ0) is 13.1. The molecule has 1 N–H and O–H groups in total. The van der Waals surface area contributed by atoms with E-state index in [1.54, 1.807) is 4.90 Å². The van der Waals surface area contributed by atoms with Gasteiger partial charge in [0.2, 0.25) is 17.7 Å². The van der Waals surface area contributed by atoms with Gasteiger partial charge in [-0.15, -0.1) is 6.42 Å². The Balaban J connectivity index is 1.97. The van der Waals surface area contributed by atoms with E-state index in [4.69, 9.17) is 6.42 Å². The van der Waals surface area contributed by atoms with Crippen LogP contribution in [-0.4, -0.2) is 59.7 Å². The van der Waals surface area contributed by atoms with Crippen LogP contribution in [0.5, 0.6) is 0 Å². The Morgan fingerprint density at radius 1 is 1.50 bits per heavy atom. The third-order valence-electron chi connectivity index (χ3n) is 3.22. The van der Waals surface area contributed by atoms with Crippen molar-refractivity contribution in [3.8, 4) is 12.3 Å². The van der Waals surface area contributed by atoms with Crippen LogP contribution < -0.4 is 5.32 Å². The van der Waals surface area contributed by atoms with E-state index in [1.807, 2.05) is 0 Å². The van der Waals surface area contributed by atoms with Crippen LogP contribution in [0.15, 0.2) is 0 Å². The van der Waals surface area contributed by atoms with Crippen LogP contribution in [0.4, 0.5) is 0 Å². The third-order valence-corrected chi connectivity index (χ3v) is 3.22. The number of terminal acetylenes is 1. The van der Waals surface area contributed by atoms with E-state index in [0.29, 0.717) is 13.0 Å². The number of rotatable bonds is 3. The monoisotopic (exact) mass is 249 g/mol. The van der Waals surface area contributed by atoms with Gasteiger partial charge < -0.3 is 15.1 Å². The van der Waals surface area contributed by atoms with Gasteiger partial charge >= 0.3 is 0 Å². The second-order valence-corrected chi connectivity index (χ2v) is 4.42. The zero-order valence-corrected chi connectivity index (χ0v) is 10.0. The van der Waals surface area contributed by atoms with Gasteiger partial charge in [0.05, 0.1) is 6.54 Å². The molecule has 2 aliphatic heterocycles. The standard InChI is InChI=1S/C12H15N3O3/c1-2-5-13-10(16)7-14-8-11(17)15-6-3-4-9(15)12(14)18/h1,9H,3-8H2,(H,13,16). The lowest BCUT2D eigenvalue weighted by molar-refractivity contribution is -0.154. The molecule has 1 unspecified atom stereocenters. The molecule has 18 heavy (non-hydrogen) atoms. The molecule has 0 spiro atoms. The third kappa shape index (κ3) is 2.30. The van der Waals surface area contributed by atoms with E-state index in [9.17, 15) is 14.4 Å². The average molecular weight is 249 g/mol. The van der Waals surface area contributed by atoms with Crippen LogP contribution >= 0.6 is 0 Å². The zero-order valence-electron chi connectivity index (χ0n) is 10.0. The van der Waals surface area contributed by atoms with Gasteiger partial charge in [-0.2, -0.15) is 0 Å². The van der Waals surface area contributed by atoms with E-state index in [0.717, 1.165) is 6.42 Å². The first kappa shape index (κ1) is 12.4. The lowest BCUT2D eigenvalue weighted by Crippen LogP contribution is -2.59. The van der Waals surface area contributed by atoms with Crippen molar-refractivity contribution in [2.75, 3.05) is 26.2 Å². The summed E-state index contributed by atoms with van der Waals surface area (Å²) < 4.78 is 0. The minimum Gasteiger partial charge on any atom is -0.344 e. The van der Waals surface area contributed by atoms with Crippen LogP contribution in [0.3, 0.4) is 0 Å². The van der Waals surface area contributed by atoms with Gasteiger partial charge in [-0.1, -0.05) is 5.92 Å². The summed E-state index contributed by atoms with van der Waals surface area (Å²) in [5, 5.41) is 2.48. The molecule has 1 atom stereocenters. The summed E-state index contributed by atoms with van der Waals surface area (Å²) in [5.74, 6) is 1.73. The highest BCUT2D eigenvalue weighted by Crippen LogP contribution is 2.23. The molecule has 3 amide bonds. The van der Waals surface area contributed by atoms with Crippen molar-refractivity contribution in [1.82, 2.24) is 15.1 Å². The normalized spacial score (nSPS) is 22.7. The second-order valence-electron chi connectivity index (χ2n) is 4.42. The van der Waals surface area contributed by atoms with Gasteiger partial charge in [0.15, 0.2) is 0 Å². The predicted molar refractivity (Wildman–Crippen MR) is 63.2 cm³/mol. The highest BCUT2D eigenvalue weighted by Gasteiger charge is 2.42. The Kier molecular flexibility index (Phi) is 3.51. The van der Waals surface area contributed by atoms with Crippen LogP contribution in [0.1, 0.15) is 12.8 Å². The maximum Gasteiger partial charge on any atom is 0.246 e. The Morgan fingerprint density at radius 3 is 3.00 bits per heavy atom. The fourth-order valence-corrected chi connectivity index (χ4v) is 2.38. The number of carbonyl (C=O) groups excluding carboxylic acids is 3. The fourth-order valence-electron chi connectivity index (χ4n) is 2.38. The maximum absolute atomic E-state index is 12.1. The quantitative estimate of drug-likeness (QED) is 0.623. The largest absolute Gasteiger partial charge is 0.344 e. The van der Waals surface area contributed by atoms with Gasteiger partial charge in [-0.25, -0.2) is 0 Å². The summed E-state index contributed by atoms with van der Waals surface area (Å²) in [6.45, 7) is 0.659. The summed E-state index contributed by atoms with van der Waals surface area (Å²) in [6, 6.07) is -0.369. The van der Waals surface area contributed by atoms with Crippen molar-refractivity contribution in [2.24, 2.45) is 0 Å². The van der Waals surface area contributed by atoms with E-state index >= 15 is 0 Å². The van der Waals surface area contributed by atoms with E-state index in [-0.39, 0.29) is 43.4 Å². The molecule has 0 aliphatic carbocycles. The number of fused-ring (bicyclic) bond motifs is 1. The molecule has 96 valence electrons. The first-order chi connectivity index (χ1) is 8.63. The van der Waals surface area contributed by atoms with Gasteiger partial charge in [-0.05, 0) is 12.8 Å².